The molecule has 1 saturated heterocycles. The number of fused-ring (bicyclic) bond motifs is 2. The van der Waals surface area contributed by atoms with Crippen LogP contribution in [0, 0.1) is 0 Å². The van der Waals surface area contributed by atoms with Crippen LogP contribution in [-0.4, -0.2) is 60.3 Å². The molecule has 9 heteroatoms. The number of H-pyrrole nitrogens is 1. The van der Waals surface area contributed by atoms with E-state index >= 15 is 0 Å². The van der Waals surface area contributed by atoms with Gasteiger partial charge in [0.1, 0.15) is 11.8 Å². The molecule has 1 fully saturated rings. The Bertz CT molecular complexity index is 1060. The van der Waals surface area contributed by atoms with Gasteiger partial charge < -0.3 is 10.3 Å². The highest BCUT2D eigenvalue weighted by molar-refractivity contribution is 5.81. The summed E-state index contributed by atoms with van der Waals surface area (Å²) >= 11 is 0. The Morgan fingerprint density at radius 2 is 2.10 bits per heavy atom. The maximum Gasteiger partial charge on any atom is 0.267 e. The number of piperidine rings is 1. The smallest absolute Gasteiger partial charge is 0.267 e. The molecular formula is C20H26N8O. The van der Waals surface area contributed by atoms with Crippen molar-refractivity contribution in [3.05, 3.63) is 40.3 Å². The molecule has 1 aliphatic heterocycles. The number of aryl methyl sites for hydroxylation is 2. The number of imidazole rings is 1. The molecule has 1 atom stereocenters. The average Bonchev–Trinajstić information content (AvgIpc) is 3.40. The second-order valence-corrected chi connectivity index (χ2v) is 7.92. The van der Waals surface area contributed by atoms with Crippen molar-refractivity contribution in [3.8, 4) is 0 Å². The van der Waals surface area contributed by atoms with Crippen LogP contribution in [0.25, 0.3) is 11.2 Å². The summed E-state index contributed by atoms with van der Waals surface area (Å²) in [4.78, 5) is 30.7. The normalized spacial score (nSPS) is 19.5. The second-order valence-electron chi connectivity index (χ2n) is 7.92. The molecule has 9 nitrogen and oxygen atoms in total. The van der Waals surface area contributed by atoms with Crippen molar-refractivity contribution < 1.29 is 0 Å². The van der Waals surface area contributed by atoms with Crippen LogP contribution in [0.1, 0.15) is 36.9 Å². The molecule has 152 valence electrons. The Kier molecular flexibility index (Phi) is 4.97. The lowest BCUT2D eigenvalue weighted by atomic mass is 10.0. The number of nitrogens with one attached hydrogen (secondary N) is 2. The molecule has 4 heterocycles. The van der Waals surface area contributed by atoms with Gasteiger partial charge in [0.15, 0.2) is 11.5 Å². The van der Waals surface area contributed by atoms with E-state index in [1.54, 1.807) is 17.1 Å². The number of rotatable bonds is 6. The van der Waals surface area contributed by atoms with E-state index < -0.39 is 0 Å². The quantitative estimate of drug-likeness (QED) is 0.650. The fraction of sp³-hybridized carbons (Fsp3) is 0.550. The van der Waals surface area contributed by atoms with Crippen molar-refractivity contribution in [2.75, 3.05) is 25.0 Å². The topological polar surface area (TPSA) is 105 Å². The zero-order chi connectivity index (χ0) is 19.6. The number of likely N-dealkylation sites (tertiary alicyclic amines) is 1. The Morgan fingerprint density at radius 3 is 3.07 bits per heavy atom. The summed E-state index contributed by atoms with van der Waals surface area (Å²) in [5.74, 6) is 0.787. The Hall–Kier alpha value is -2.81. The highest BCUT2D eigenvalue weighted by atomic mass is 16.1. The molecule has 0 radical (unpaired) electrons. The summed E-state index contributed by atoms with van der Waals surface area (Å²) in [6.07, 6.45) is 9.83. The van der Waals surface area contributed by atoms with Crippen LogP contribution in [0.15, 0.2) is 23.5 Å². The lowest BCUT2D eigenvalue weighted by Gasteiger charge is -2.35. The molecular weight excluding hydrogens is 368 g/mol. The van der Waals surface area contributed by atoms with Gasteiger partial charge in [-0.05, 0) is 44.2 Å². The molecule has 2 aliphatic rings. The van der Waals surface area contributed by atoms with Crippen molar-refractivity contribution in [2.24, 2.45) is 0 Å². The molecule has 0 bridgehead atoms. The Morgan fingerprint density at radius 1 is 1.14 bits per heavy atom. The molecule has 3 aromatic heterocycles. The van der Waals surface area contributed by atoms with Gasteiger partial charge in [-0.25, -0.2) is 19.6 Å². The molecule has 0 saturated carbocycles. The standard InChI is InChI=1S/C20H26N8O/c29-17-10-14-4-3-6-16(14)26-28(17)9-8-27-7-2-1-5-15(27)11-21-19-18-20(23-12-22-18)25-13-24-19/h10,12-13,15H,1-9,11H2,(H2,21,22,23,24,25). The third kappa shape index (κ3) is 3.74. The van der Waals surface area contributed by atoms with E-state index in [0.29, 0.717) is 18.2 Å². The van der Waals surface area contributed by atoms with Gasteiger partial charge in [0, 0.05) is 25.2 Å². The van der Waals surface area contributed by atoms with Crippen LogP contribution in [0.2, 0.25) is 0 Å². The van der Waals surface area contributed by atoms with E-state index in [-0.39, 0.29) is 5.56 Å². The molecule has 29 heavy (non-hydrogen) atoms. The van der Waals surface area contributed by atoms with Crippen LogP contribution in [-0.2, 0) is 19.4 Å². The van der Waals surface area contributed by atoms with Gasteiger partial charge in [0.05, 0.1) is 18.6 Å². The van der Waals surface area contributed by atoms with Gasteiger partial charge >= 0.3 is 0 Å². The minimum absolute atomic E-state index is 0.0277. The second kappa shape index (κ2) is 7.90. The third-order valence-electron chi connectivity index (χ3n) is 6.10. The van der Waals surface area contributed by atoms with Crippen LogP contribution < -0.4 is 10.9 Å². The largest absolute Gasteiger partial charge is 0.367 e. The van der Waals surface area contributed by atoms with Gasteiger partial charge in [-0.3, -0.25) is 9.69 Å². The summed E-state index contributed by atoms with van der Waals surface area (Å²) < 4.78 is 1.65. The van der Waals surface area contributed by atoms with Gasteiger partial charge in [-0.1, -0.05) is 6.42 Å². The zero-order valence-electron chi connectivity index (χ0n) is 16.5. The van der Waals surface area contributed by atoms with Crippen LogP contribution in [0.3, 0.4) is 0 Å². The maximum atomic E-state index is 12.4. The highest BCUT2D eigenvalue weighted by Gasteiger charge is 2.23. The first-order chi connectivity index (χ1) is 14.3. The third-order valence-corrected chi connectivity index (χ3v) is 6.10. The van der Waals surface area contributed by atoms with Crippen molar-refractivity contribution in [1.29, 1.82) is 0 Å². The first-order valence-electron chi connectivity index (χ1n) is 10.5. The van der Waals surface area contributed by atoms with Crippen molar-refractivity contribution >= 4 is 17.0 Å². The summed E-state index contributed by atoms with van der Waals surface area (Å²) in [6, 6.07) is 2.19. The van der Waals surface area contributed by atoms with Gasteiger partial charge in [-0.15, -0.1) is 0 Å². The lowest BCUT2D eigenvalue weighted by Crippen LogP contribution is -2.45. The van der Waals surface area contributed by atoms with Gasteiger partial charge in [0.2, 0.25) is 0 Å². The lowest BCUT2D eigenvalue weighted by molar-refractivity contribution is 0.148. The van der Waals surface area contributed by atoms with Gasteiger partial charge in [0.25, 0.3) is 5.56 Å². The number of aromatic nitrogens is 6. The first kappa shape index (κ1) is 18.2. The number of aromatic amines is 1. The molecule has 0 amide bonds. The average molecular weight is 394 g/mol. The van der Waals surface area contributed by atoms with Crippen LogP contribution in [0.4, 0.5) is 5.82 Å². The van der Waals surface area contributed by atoms with E-state index in [2.05, 4.69) is 35.3 Å². The molecule has 3 aromatic rings. The number of hydrogen-bond acceptors (Lipinski definition) is 7. The molecule has 0 spiro atoms. The Labute approximate surface area is 168 Å². The fourth-order valence-corrected chi connectivity index (χ4v) is 4.52. The maximum absolute atomic E-state index is 12.4. The SMILES string of the molecule is O=c1cc2c(nn1CCN1CCCCC1CNc1ncnc3nc[nH]c13)CCC2. The summed E-state index contributed by atoms with van der Waals surface area (Å²) in [6.45, 7) is 3.33. The number of nitrogens with zero attached hydrogens (tertiary/aromatic N) is 6. The van der Waals surface area contributed by atoms with E-state index in [9.17, 15) is 4.79 Å². The number of hydrogen-bond donors (Lipinski definition) is 2. The number of anilines is 1. The molecule has 5 rings (SSSR count). The minimum atomic E-state index is 0.0277. The summed E-state index contributed by atoms with van der Waals surface area (Å²) in [7, 11) is 0. The summed E-state index contributed by atoms with van der Waals surface area (Å²) in [5, 5.41) is 8.09. The molecule has 1 aliphatic carbocycles. The van der Waals surface area contributed by atoms with Crippen LogP contribution >= 0.6 is 0 Å². The zero-order valence-corrected chi connectivity index (χ0v) is 16.5. The van der Waals surface area contributed by atoms with E-state index in [1.165, 1.54) is 19.2 Å². The van der Waals surface area contributed by atoms with E-state index in [1.807, 2.05) is 0 Å². The fourth-order valence-electron chi connectivity index (χ4n) is 4.52. The van der Waals surface area contributed by atoms with Crippen molar-refractivity contribution in [1.82, 2.24) is 34.6 Å². The van der Waals surface area contributed by atoms with Gasteiger partial charge in [-0.2, -0.15) is 5.10 Å². The predicted molar refractivity (Wildman–Crippen MR) is 110 cm³/mol. The highest BCUT2D eigenvalue weighted by Crippen LogP contribution is 2.20. The van der Waals surface area contributed by atoms with Crippen LogP contribution in [0.5, 0.6) is 0 Å². The molecule has 2 N–H and O–H groups in total. The minimum Gasteiger partial charge on any atom is -0.367 e. The monoisotopic (exact) mass is 394 g/mol. The Balaban J connectivity index is 1.25. The first-order valence-corrected chi connectivity index (χ1v) is 10.5. The van der Waals surface area contributed by atoms with Crippen molar-refractivity contribution in [2.45, 2.75) is 51.1 Å². The predicted octanol–water partition coefficient (Wildman–Crippen LogP) is 1.36. The van der Waals surface area contributed by atoms with E-state index in [0.717, 1.165) is 67.9 Å². The van der Waals surface area contributed by atoms with Crippen molar-refractivity contribution in [3.63, 3.8) is 0 Å². The molecule has 0 aromatic carbocycles. The van der Waals surface area contributed by atoms with E-state index in [4.69, 9.17) is 0 Å². The summed E-state index contributed by atoms with van der Waals surface area (Å²) in [5.41, 5.74) is 3.78. The molecule has 1 unspecified atom stereocenters.